The van der Waals surface area contributed by atoms with Gasteiger partial charge in [0.05, 0.1) is 17.9 Å². The van der Waals surface area contributed by atoms with E-state index in [1.165, 1.54) is 4.57 Å². The van der Waals surface area contributed by atoms with Crippen LogP contribution in [0.2, 0.25) is 0 Å². The summed E-state index contributed by atoms with van der Waals surface area (Å²) in [5, 5.41) is 31.7. The molecule has 2 unspecified atom stereocenters. The Bertz CT molecular complexity index is 1670. The van der Waals surface area contributed by atoms with Gasteiger partial charge in [-0.15, -0.1) is 0 Å². The topological polar surface area (TPSA) is 146 Å². The number of benzene rings is 2. The highest BCUT2D eigenvalue weighted by molar-refractivity contribution is 6.09. The molecule has 0 aliphatic heterocycles. The summed E-state index contributed by atoms with van der Waals surface area (Å²) < 4.78 is 7.99. The molecule has 0 fully saturated rings. The van der Waals surface area contributed by atoms with Gasteiger partial charge in [-0.1, -0.05) is 62.7 Å². The lowest BCUT2D eigenvalue weighted by Crippen LogP contribution is -2.43. The molecule has 1 aromatic heterocycles. The third-order valence-electron chi connectivity index (χ3n) is 8.22. The van der Waals surface area contributed by atoms with Crippen LogP contribution in [-0.2, 0) is 0 Å². The van der Waals surface area contributed by atoms with Crippen molar-refractivity contribution in [3.05, 3.63) is 89.0 Å². The molecule has 3 aromatic rings. The number of carbonyl (C=O) groups excluding carboxylic acids is 1. The quantitative estimate of drug-likeness (QED) is 0.145. The molecule has 4 rings (SSSR count). The first kappa shape index (κ1) is 35.1. The molecule has 47 heavy (non-hydrogen) atoms. The van der Waals surface area contributed by atoms with Gasteiger partial charge in [0.2, 0.25) is 5.96 Å². The lowest BCUT2D eigenvalue weighted by Gasteiger charge is -2.32. The first-order valence-electron chi connectivity index (χ1n) is 16.0. The van der Waals surface area contributed by atoms with Gasteiger partial charge in [0, 0.05) is 32.3 Å². The summed E-state index contributed by atoms with van der Waals surface area (Å²) >= 11 is 0. The van der Waals surface area contributed by atoms with E-state index in [-0.39, 0.29) is 41.5 Å². The molecule has 1 aliphatic rings. The van der Waals surface area contributed by atoms with E-state index in [0.29, 0.717) is 42.4 Å². The summed E-state index contributed by atoms with van der Waals surface area (Å²) in [6.45, 7) is 9.39. The predicted molar refractivity (Wildman–Crippen MR) is 188 cm³/mol. The molecule has 0 bridgehead atoms. The summed E-state index contributed by atoms with van der Waals surface area (Å²) in [7, 11) is 5.82. The first-order chi connectivity index (χ1) is 22.2. The lowest BCUT2D eigenvalue weighted by molar-refractivity contribution is 0.171. The maximum atomic E-state index is 13.4. The molecule has 250 valence electrons. The summed E-state index contributed by atoms with van der Waals surface area (Å²) in [4.78, 5) is 22.0. The average Bonchev–Trinajstić information content (AvgIpc) is 3.02. The van der Waals surface area contributed by atoms with Crippen LogP contribution in [0.4, 0.5) is 10.5 Å². The van der Waals surface area contributed by atoms with Crippen LogP contribution in [0, 0.1) is 28.6 Å². The highest BCUT2D eigenvalue weighted by Gasteiger charge is 2.30. The van der Waals surface area contributed by atoms with Gasteiger partial charge in [0.25, 0.3) is 0 Å². The van der Waals surface area contributed by atoms with Crippen molar-refractivity contribution in [3.8, 4) is 5.75 Å². The fraction of sp³-hybridized carbons (Fsp3) is 0.417. The Balaban J connectivity index is 1.49. The minimum absolute atomic E-state index is 0.196. The molecule has 0 spiro atoms. The van der Waals surface area contributed by atoms with Gasteiger partial charge in [-0.2, -0.15) is 0 Å². The minimum Gasteiger partial charge on any atom is -0.484 e. The van der Waals surface area contributed by atoms with Crippen LogP contribution in [0.25, 0.3) is 0 Å². The third-order valence-corrected chi connectivity index (χ3v) is 8.22. The van der Waals surface area contributed by atoms with Crippen molar-refractivity contribution in [3.63, 3.8) is 0 Å². The van der Waals surface area contributed by atoms with Crippen LogP contribution in [0.15, 0.2) is 71.9 Å². The molecule has 2 amide bonds. The molecule has 2 aromatic carbocycles. The van der Waals surface area contributed by atoms with Crippen LogP contribution in [-0.4, -0.2) is 72.1 Å². The van der Waals surface area contributed by atoms with E-state index < -0.39 is 0 Å². The number of amides is 2. The number of amidine groups is 1. The number of pyridine rings is 1. The van der Waals surface area contributed by atoms with Crippen molar-refractivity contribution in [1.82, 2.24) is 25.0 Å². The summed E-state index contributed by atoms with van der Waals surface area (Å²) in [6, 6.07) is 18.5. The van der Waals surface area contributed by atoms with Crippen molar-refractivity contribution < 1.29 is 9.53 Å². The van der Waals surface area contributed by atoms with Crippen LogP contribution in [0.1, 0.15) is 68.9 Å². The van der Waals surface area contributed by atoms with E-state index in [9.17, 15) is 4.79 Å². The lowest BCUT2D eigenvalue weighted by atomic mass is 9.85. The summed E-state index contributed by atoms with van der Waals surface area (Å²) in [5.41, 5.74) is 4.10. The van der Waals surface area contributed by atoms with Gasteiger partial charge in [0.15, 0.2) is 0 Å². The van der Waals surface area contributed by atoms with Gasteiger partial charge in [-0.3, -0.25) is 20.7 Å². The number of urea groups is 1. The molecule has 5 N–H and O–H groups in total. The monoisotopic (exact) mass is 639 g/mol. The van der Waals surface area contributed by atoms with Crippen molar-refractivity contribution in [2.45, 2.75) is 59.1 Å². The number of hydrogen-bond donors (Lipinski definition) is 5. The largest absolute Gasteiger partial charge is 0.484 e. The molecular formula is C36H49N9O2. The van der Waals surface area contributed by atoms with Crippen molar-refractivity contribution >= 4 is 29.2 Å². The second-order valence-electron chi connectivity index (χ2n) is 13.4. The maximum Gasteiger partial charge on any atom is 0.320 e. The molecule has 11 nitrogen and oxygen atoms in total. The fourth-order valence-electron chi connectivity index (χ4n) is 5.20. The minimum atomic E-state index is -0.374. The second kappa shape index (κ2) is 15.2. The Morgan fingerprint density at radius 3 is 2.32 bits per heavy atom. The Labute approximate surface area is 278 Å². The molecule has 0 saturated heterocycles. The first-order valence-corrected chi connectivity index (χ1v) is 16.0. The highest BCUT2D eigenvalue weighted by atomic mass is 16.5. The van der Waals surface area contributed by atoms with E-state index in [1.54, 1.807) is 18.3 Å². The number of aromatic nitrogens is 1. The van der Waals surface area contributed by atoms with E-state index in [1.807, 2.05) is 102 Å². The zero-order chi connectivity index (χ0) is 34.3. The van der Waals surface area contributed by atoms with Crippen molar-refractivity contribution in [1.29, 1.82) is 16.2 Å². The van der Waals surface area contributed by atoms with Gasteiger partial charge in [-0.25, -0.2) is 9.79 Å². The predicted octanol–water partition coefficient (Wildman–Crippen LogP) is 5.99. The summed E-state index contributed by atoms with van der Waals surface area (Å²) in [6.07, 6.45) is 2.97. The van der Waals surface area contributed by atoms with Crippen LogP contribution in [0.3, 0.4) is 0 Å². The molecule has 11 heteroatoms. The Kier molecular flexibility index (Phi) is 11.4. The molecule has 0 radical (unpaired) electrons. The second-order valence-corrected chi connectivity index (χ2v) is 13.4. The van der Waals surface area contributed by atoms with Crippen LogP contribution in [0.5, 0.6) is 5.75 Å². The Hall–Kier alpha value is -4.77. The number of nitrogens with zero attached hydrogens (tertiary/aromatic N) is 4. The number of aryl methyl sites for hydroxylation is 1. The van der Waals surface area contributed by atoms with Gasteiger partial charge in [0.1, 0.15) is 23.2 Å². The summed E-state index contributed by atoms with van der Waals surface area (Å²) in [5.74, 6) is 1.18. The number of likely N-dealkylation sites (N-methyl/N-ethyl adjacent to an activating group) is 2. The van der Waals surface area contributed by atoms with Crippen LogP contribution < -0.4 is 20.9 Å². The molecule has 1 aliphatic carbocycles. The molecule has 2 atom stereocenters. The average molecular weight is 640 g/mol. The van der Waals surface area contributed by atoms with E-state index >= 15 is 0 Å². The fourth-order valence-corrected chi connectivity index (χ4v) is 5.20. The van der Waals surface area contributed by atoms with E-state index in [0.717, 1.165) is 23.2 Å². The standard InChI is InChI=1S/C36H49N9O2/c1-24-12-14-25(15-13-24)40-33(22-31(37)36(2,3)4)42-35(46)41-29-17-18-30(28-11-9-8-10-27(28)29)47-26-16-19-32(38)45(23-26)34(39)44(7)21-20-43(5)6/h8-16,19,23,29-30,37-39H,17-18,20-22H2,1-7H3,(H2,40,41,42,46). The number of fused-ring (bicyclic) bond motifs is 1. The molecule has 0 saturated carbocycles. The van der Waals surface area contributed by atoms with Gasteiger partial charge >= 0.3 is 6.03 Å². The van der Waals surface area contributed by atoms with Crippen molar-refractivity contribution in [2.24, 2.45) is 10.4 Å². The van der Waals surface area contributed by atoms with E-state index in [2.05, 4.69) is 15.5 Å². The Morgan fingerprint density at radius 1 is 0.979 bits per heavy atom. The van der Waals surface area contributed by atoms with Gasteiger partial charge in [-0.05, 0) is 74.7 Å². The molecule has 1 heterocycles. The smallest absolute Gasteiger partial charge is 0.320 e. The number of hydrogen-bond acceptors (Lipinski definition) is 7. The van der Waals surface area contributed by atoms with Crippen molar-refractivity contribution in [2.75, 3.05) is 34.2 Å². The SMILES string of the molecule is Cc1ccc(N=C(CC(=N)C(C)(C)C)NC(=O)NC2CCC(Oc3ccc(=N)n(C(=N)N(C)CCN(C)C)c3)c3ccccc32)cc1. The maximum absolute atomic E-state index is 13.4. The Morgan fingerprint density at radius 2 is 1.66 bits per heavy atom. The third kappa shape index (κ3) is 9.62. The number of nitrogens with one attached hydrogen (secondary N) is 5. The highest BCUT2D eigenvalue weighted by Crippen LogP contribution is 2.38. The number of ether oxygens (including phenoxy) is 1. The zero-order valence-electron chi connectivity index (χ0n) is 28.6. The zero-order valence-corrected chi connectivity index (χ0v) is 28.6. The number of aliphatic imine (C=N–C) groups is 1. The number of carbonyl (C=O) groups is 1. The van der Waals surface area contributed by atoms with E-state index in [4.69, 9.17) is 26.0 Å². The van der Waals surface area contributed by atoms with Crippen LogP contribution >= 0.6 is 0 Å². The number of rotatable bonds is 9. The normalized spacial score (nSPS) is 16.3. The molecular weight excluding hydrogens is 590 g/mol. The van der Waals surface area contributed by atoms with Gasteiger partial charge < -0.3 is 25.3 Å².